The Morgan fingerprint density at radius 1 is 1.08 bits per heavy atom. The highest BCUT2D eigenvalue weighted by atomic mass is 19.1. The van der Waals surface area contributed by atoms with Crippen LogP contribution in [0, 0.1) is 11.7 Å². The van der Waals surface area contributed by atoms with Gasteiger partial charge in [-0.1, -0.05) is 31.4 Å². The Kier molecular flexibility index (Phi) is 6.02. The number of piperazine rings is 1. The van der Waals surface area contributed by atoms with E-state index < -0.39 is 5.82 Å². The summed E-state index contributed by atoms with van der Waals surface area (Å²) in [6.07, 6.45) is 10.3. The summed E-state index contributed by atoms with van der Waals surface area (Å²) in [5.74, 6) is 0.158. The number of allylic oxidation sites excluding steroid dienone is 1. The number of carbonyl (C=O) groups is 1. The predicted molar refractivity (Wildman–Crippen MR) is 94.5 cm³/mol. The summed E-state index contributed by atoms with van der Waals surface area (Å²) in [5, 5.41) is 0. The molecule has 1 aliphatic carbocycles. The summed E-state index contributed by atoms with van der Waals surface area (Å²) in [7, 11) is 0. The molecule has 0 spiro atoms. The smallest absolute Gasteiger partial charge is 0.190 e. The summed E-state index contributed by atoms with van der Waals surface area (Å²) in [5.41, 5.74) is 0.143. The lowest BCUT2D eigenvalue weighted by Gasteiger charge is -2.36. The topological polar surface area (TPSA) is 23.6 Å². The van der Waals surface area contributed by atoms with Crippen molar-refractivity contribution >= 4 is 5.78 Å². The van der Waals surface area contributed by atoms with Gasteiger partial charge in [0.1, 0.15) is 5.82 Å². The maximum Gasteiger partial charge on any atom is 0.190 e. The van der Waals surface area contributed by atoms with Gasteiger partial charge in [0.2, 0.25) is 0 Å². The van der Waals surface area contributed by atoms with Gasteiger partial charge in [0.05, 0.1) is 5.56 Å². The predicted octanol–water partition coefficient (Wildman–Crippen LogP) is 3.72. The molecule has 1 heterocycles. The van der Waals surface area contributed by atoms with E-state index in [1.165, 1.54) is 56.9 Å². The molecule has 1 saturated carbocycles. The summed E-state index contributed by atoms with van der Waals surface area (Å²) >= 11 is 0. The van der Waals surface area contributed by atoms with E-state index in [1.807, 2.05) is 6.20 Å². The lowest BCUT2D eigenvalue weighted by Crippen LogP contribution is -2.45. The van der Waals surface area contributed by atoms with Crippen molar-refractivity contribution in [2.45, 2.75) is 32.1 Å². The molecule has 130 valence electrons. The number of hydrogen-bond acceptors (Lipinski definition) is 3. The Labute approximate surface area is 144 Å². The van der Waals surface area contributed by atoms with Crippen LogP contribution in [0.4, 0.5) is 4.39 Å². The van der Waals surface area contributed by atoms with Gasteiger partial charge in [-0.25, -0.2) is 4.39 Å². The third kappa shape index (κ3) is 4.67. The second kappa shape index (κ2) is 8.43. The third-order valence-electron chi connectivity index (χ3n) is 5.22. The van der Waals surface area contributed by atoms with Gasteiger partial charge in [0.25, 0.3) is 0 Å². The Morgan fingerprint density at radius 2 is 1.79 bits per heavy atom. The molecule has 24 heavy (non-hydrogen) atoms. The maximum absolute atomic E-state index is 13.6. The molecule has 3 rings (SSSR count). The van der Waals surface area contributed by atoms with Crippen LogP contribution in [0.3, 0.4) is 0 Å². The minimum absolute atomic E-state index is 0.143. The van der Waals surface area contributed by atoms with Gasteiger partial charge in [0.15, 0.2) is 5.78 Å². The zero-order valence-electron chi connectivity index (χ0n) is 14.3. The molecular weight excluding hydrogens is 303 g/mol. The van der Waals surface area contributed by atoms with Crippen LogP contribution in [0.25, 0.3) is 0 Å². The first-order chi connectivity index (χ1) is 11.7. The second-order valence-corrected chi connectivity index (χ2v) is 7.00. The molecule has 1 saturated heterocycles. The monoisotopic (exact) mass is 330 g/mol. The quantitative estimate of drug-likeness (QED) is 0.607. The van der Waals surface area contributed by atoms with Crippen LogP contribution in [0.2, 0.25) is 0 Å². The molecule has 0 radical (unpaired) electrons. The molecule has 0 amide bonds. The van der Waals surface area contributed by atoms with Crippen molar-refractivity contribution in [2.24, 2.45) is 5.92 Å². The Hall–Kier alpha value is -1.68. The van der Waals surface area contributed by atoms with Crippen molar-refractivity contribution in [2.75, 3.05) is 32.7 Å². The van der Waals surface area contributed by atoms with E-state index >= 15 is 0 Å². The van der Waals surface area contributed by atoms with Crippen molar-refractivity contribution in [1.29, 1.82) is 0 Å². The first-order valence-electron chi connectivity index (χ1n) is 9.16. The molecule has 0 N–H and O–H groups in total. The molecule has 0 unspecified atom stereocenters. The molecular formula is C20H27FN2O. The lowest BCUT2D eigenvalue weighted by molar-refractivity contribution is 0.103. The van der Waals surface area contributed by atoms with Crippen molar-refractivity contribution in [3.63, 3.8) is 0 Å². The average molecular weight is 330 g/mol. The van der Waals surface area contributed by atoms with Gasteiger partial charge in [-0.3, -0.25) is 9.69 Å². The van der Waals surface area contributed by atoms with Crippen LogP contribution in [-0.4, -0.2) is 48.3 Å². The normalized spacial score (nSPS) is 20.6. The van der Waals surface area contributed by atoms with Crippen LogP contribution < -0.4 is 0 Å². The van der Waals surface area contributed by atoms with Gasteiger partial charge in [-0.15, -0.1) is 0 Å². The molecule has 1 aromatic carbocycles. The molecule has 0 aromatic heterocycles. The molecule has 4 heteroatoms. The minimum atomic E-state index is -0.454. The molecule has 1 aliphatic heterocycles. The number of hydrogen-bond donors (Lipinski definition) is 0. The molecule has 3 nitrogen and oxygen atoms in total. The van der Waals surface area contributed by atoms with Crippen molar-refractivity contribution in [1.82, 2.24) is 9.80 Å². The summed E-state index contributed by atoms with van der Waals surface area (Å²) < 4.78 is 13.6. The number of halogens is 1. The van der Waals surface area contributed by atoms with Crippen LogP contribution in [0.15, 0.2) is 36.5 Å². The second-order valence-electron chi connectivity index (χ2n) is 7.00. The summed E-state index contributed by atoms with van der Waals surface area (Å²) in [6, 6.07) is 6.14. The Morgan fingerprint density at radius 3 is 2.50 bits per heavy atom. The van der Waals surface area contributed by atoms with Gasteiger partial charge in [-0.05, 0) is 30.9 Å². The van der Waals surface area contributed by atoms with Crippen LogP contribution in [0.5, 0.6) is 0 Å². The molecule has 2 fully saturated rings. The van der Waals surface area contributed by atoms with Crippen LogP contribution in [0.1, 0.15) is 42.5 Å². The fraction of sp³-hybridized carbons (Fsp3) is 0.550. The fourth-order valence-electron chi connectivity index (χ4n) is 3.75. The number of benzene rings is 1. The van der Waals surface area contributed by atoms with Crippen molar-refractivity contribution in [3.05, 3.63) is 47.9 Å². The highest BCUT2D eigenvalue weighted by molar-refractivity contribution is 6.04. The highest BCUT2D eigenvalue weighted by Crippen LogP contribution is 2.24. The maximum atomic E-state index is 13.6. The Balaban J connectivity index is 1.45. The molecule has 0 bridgehead atoms. The lowest BCUT2D eigenvalue weighted by atomic mass is 9.89. The van der Waals surface area contributed by atoms with E-state index in [-0.39, 0.29) is 11.3 Å². The number of ketones is 1. The first-order valence-corrected chi connectivity index (χ1v) is 9.16. The zero-order valence-corrected chi connectivity index (χ0v) is 14.3. The van der Waals surface area contributed by atoms with E-state index in [9.17, 15) is 9.18 Å². The van der Waals surface area contributed by atoms with E-state index in [4.69, 9.17) is 0 Å². The van der Waals surface area contributed by atoms with Gasteiger partial charge in [0, 0.05) is 45.0 Å². The van der Waals surface area contributed by atoms with E-state index in [2.05, 4.69) is 9.80 Å². The SMILES string of the molecule is O=C(C=CN1CCN(CC2CCCCC2)CC1)c1ccccc1F. The summed E-state index contributed by atoms with van der Waals surface area (Å²) in [4.78, 5) is 16.8. The molecule has 2 aliphatic rings. The van der Waals surface area contributed by atoms with Crippen LogP contribution >= 0.6 is 0 Å². The zero-order chi connectivity index (χ0) is 16.8. The number of carbonyl (C=O) groups excluding carboxylic acids is 1. The Bertz CT molecular complexity index is 573. The fourth-order valence-corrected chi connectivity index (χ4v) is 3.75. The highest BCUT2D eigenvalue weighted by Gasteiger charge is 2.20. The van der Waals surface area contributed by atoms with Crippen molar-refractivity contribution < 1.29 is 9.18 Å². The third-order valence-corrected chi connectivity index (χ3v) is 5.22. The van der Waals surface area contributed by atoms with Gasteiger partial charge in [-0.2, -0.15) is 0 Å². The standard InChI is InChI=1S/C20H27FN2O/c21-19-9-5-4-8-18(19)20(24)10-11-22-12-14-23(15-13-22)16-17-6-2-1-3-7-17/h4-5,8-11,17H,1-3,6-7,12-16H2. The van der Waals surface area contributed by atoms with Gasteiger partial charge >= 0.3 is 0 Å². The number of rotatable bonds is 5. The van der Waals surface area contributed by atoms with Gasteiger partial charge < -0.3 is 4.90 Å². The largest absolute Gasteiger partial charge is 0.375 e. The van der Waals surface area contributed by atoms with E-state index in [0.717, 1.165) is 32.1 Å². The van der Waals surface area contributed by atoms with Crippen molar-refractivity contribution in [3.8, 4) is 0 Å². The molecule has 1 aromatic rings. The number of nitrogens with zero attached hydrogens (tertiary/aromatic N) is 2. The van der Waals surface area contributed by atoms with E-state index in [0.29, 0.717) is 0 Å². The van der Waals surface area contributed by atoms with E-state index in [1.54, 1.807) is 12.1 Å². The average Bonchev–Trinajstić information content (AvgIpc) is 2.62. The van der Waals surface area contributed by atoms with Crippen LogP contribution in [-0.2, 0) is 0 Å². The molecule has 0 atom stereocenters. The summed E-state index contributed by atoms with van der Waals surface area (Å²) in [6.45, 7) is 5.21. The first kappa shape index (κ1) is 17.2. The minimum Gasteiger partial charge on any atom is -0.375 e.